The minimum absolute atomic E-state index is 0.327. The molecule has 4 rings (SSSR count). The molecule has 1 aliphatic rings. The lowest BCUT2D eigenvalue weighted by Gasteiger charge is -2.21. The maximum absolute atomic E-state index is 13.3. The SMILES string of the molecule is CN1CCc2ccccc2Cc2c(c3ccccc3n2CCF)CC1. The van der Waals surface area contributed by atoms with Crippen LogP contribution in [0.4, 0.5) is 4.39 Å². The van der Waals surface area contributed by atoms with Gasteiger partial charge in [-0.25, -0.2) is 4.39 Å². The van der Waals surface area contributed by atoms with Crippen LogP contribution in [0.25, 0.3) is 10.9 Å². The molecule has 0 radical (unpaired) electrons. The zero-order valence-corrected chi connectivity index (χ0v) is 14.8. The number of hydrogen-bond donors (Lipinski definition) is 0. The van der Waals surface area contributed by atoms with E-state index in [0.29, 0.717) is 6.54 Å². The number of nitrogens with zero attached hydrogens (tertiary/aromatic N) is 2. The number of aryl methyl sites for hydroxylation is 1. The molecule has 130 valence electrons. The normalized spacial score (nSPS) is 15.8. The van der Waals surface area contributed by atoms with Crippen molar-refractivity contribution in [2.45, 2.75) is 25.8 Å². The Labute approximate surface area is 148 Å². The van der Waals surface area contributed by atoms with Crippen molar-refractivity contribution < 1.29 is 4.39 Å². The van der Waals surface area contributed by atoms with Gasteiger partial charge in [-0.3, -0.25) is 0 Å². The quantitative estimate of drug-likeness (QED) is 0.680. The highest BCUT2D eigenvalue weighted by Gasteiger charge is 2.19. The van der Waals surface area contributed by atoms with E-state index in [1.165, 1.54) is 33.3 Å². The maximum Gasteiger partial charge on any atom is 0.107 e. The van der Waals surface area contributed by atoms with Gasteiger partial charge in [0.1, 0.15) is 6.67 Å². The van der Waals surface area contributed by atoms with E-state index in [2.05, 4.69) is 65.0 Å². The third-order valence-corrected chi connectivity index (χ3v) is 5.48. The van der Waals surface area contributed by atoms with Crippen LogP contribution in [0.1, 0.15) is 22.4 Å². The Morgan fingerprint density at radius 3 is 2.48 bits per heavy atom. The Morgan fingerprint density at radius 1 is 0.920 bits per heavy atom. The Kier molecular flexibility index (Phi) is 4.58. The molecule has 0 atom stereocenters. The highest BCUT2D eigenvalue weighted by molar-refractivity contribution is 5.86. The van der Waals surface area contributed by atoms with Gasteiger partial charge < -0.3 is 9.47 Å². The van der Waals surface area contributed by atoms with Crippen molar-refractivity contribution in [1.29, 1.82) is 0 Å². The summed E-state index contributed by atoms with van der Waals surface area (Å²) < 4.78 is 15.5. The van der Waals surface area contributed by atoms with Gasteiger partial charge >= 0.3 is 0 Å². The molecule has 3 heteroatoms. The summed E-state index contributed by atoms with van der Waals surface area (Å²) in [5.41, 5.74) is 6.65. The molecule has 2 aromatic carbocycles. The second kappa shape index (κ2) is 7.01. The maximum atomic E-state index is 13.3. The molecule has 0 amide bonds. The van der Waals surface area contributed by atoms with Gasteiger partial charge in [-0.1, -0.05) is 42.5 Å². The summed E-state index contributed by atoms with van der Waals surface area (Å²) in [5.74, 6) is 0. The molecule has 0 saturated heterocycles. The number of rotatable bonds is 2. The predicted molar refractivity (Wildman–Crippen MR) is 102 cm³/mol. The molecular weight excluding hydrogens is 311 g/mol. The number of hydrogen-bond acceptors (Lipinski definition) is 1. The van der Waals surface area contributed by atoms with Crippen LogP contribution in [-0.4, -0.2) is 36.3 Å². The molecule has 0 N–H and O–H groups in total. The van der Waals surface area contributed by atoms with Gasteiger partial charge in [0.05, 0.1) is 6.54 Å². The topological polar surface area (TPSA) is 8.17 Å². The summed E-state index contributed by atoms with van der Waals surface area (Å²) in [5, 5.41) is 1.29. The number of aromatic nitrogens is 1. The summed E-state index contributed by atoms with van der Waals surface area (Å²) in [6, 6.07) is 17.2. The average molecular weight is 336 g/mol. The molecule has 1 aromatic heterocycles. The van der Waals surface area contributed by atoms with Crippen LogP contribution in [-0.2, 0) is 25.8 Å². The van der Waals surface area contributed by atoms with Gasteiger partial charge in [-0.15, -0.1) is 0 Å². The van der Waals surface area contributed by atoms with Crippen LogP contribution >= 0.6 is 0 Å². The second-order valence-corrected chi connectivity index (χ2v) is 7.03. The van der Waals surface area contributed by atoms with Crippen LogP contribution in [0.15, 0.2) is 48.5 Å². The first-order valence-corrected chi connectivity index (χ1v) is 9.18. The first-order valence-electron chi connectivity index (χ1n) is 9.18. The molecule has 0 fully saturated rings. The largest absolute Gasteiger partial charge is 0.341 e. The fraction of sp³-hybridized carbons (Fsp3) is 0.364. The Morgan fingerprint density at radius 2 is 1.64 bits per heavy atom. The van der Waals surface area contributed by atoms with Crippen molar-refractivity contribution in [1.82, 2.24) is 9.47 Å². The first kappa shape index (κ1) is 16.3. The van der Waals surface area contributed by atoms with Crippen LogP contribution in [0.2, 0.25) is 0 Å². The van der Waals surface area contributed by atoms with Gasteiger partial charge in [0.15, 0.2) is 0 Å². The zero-order valence-electron chi connectivity index (χ0n) is 14.8. The van der Waals surface area contributed by atoms with Gasteiger partial charge in [-0.05, 0) is 42.6 Å². The standard InChI is InChI=1S/C22H25FN2/c1-24-13-10-17-6-2-3-7-18(17)16-22-20(11-14-24)19-8-4-5-9-21(19)25(22)15-12-23/h2-9H,10-16H2,1H3. The van der Waals surface area contributed by atoms with Gasteiger partial charge in [-0.2, -0.15) is 0 Å². The minimum atomic E-state index is -0.327. The molecule has 1 aliphatic heterocycles. The van der Waals surface area contributed by atoms with Crippen LogP contribution < -0.4 is 0 Å². The van der Waals surface area contributed by atoms with Gasteiger partial charge in [0.25, 0.3) is 0 Å². The predicted octanol–water partition coefficient (Wildman–Crippen LogP) is 4.23. The molecule has 25 heavy (non-hydrogen) atoms. The molecular formula is C22H25FN2. The van der Waals surface area contributed by atoms with Gasteiger partial charge in [0.2, 0.25) is 0 Å². The third-order valence-electron chi connectivity index (χ3n) is 5.48. The molecule has 3 aromatic rings. The zero-order chi connectivity index (χ0) is 17.2. The van der Waals surface area contributed by atoms with E-state index in [1.807, 2.05) is 0 Å². The van der Waals surface area contributed by atoms with E-state index in [-0.39, 0.29) is 6.67 Å². The van der Waals surface area contributed by atoms with E-state index in [1.54, 1.807) is 0 Å². The highest BCUT2D eigenvalue weighted by atomic mass is 19.1. The summed E-state index contributed by atoms with van der Waals surface area (Å²) in [7, 11) is 2.20. The third kappa shape index (κ3) is 3.09. The number of halogens is 1. The van der Waals surface area contributed by atoms with E-state index in [4.69, 9.17) is 0 Å². The molecule has 2 nitrogen and oxygen atoms in total. The smallest absolute Gasteiger partial charge is 0.107 e. The number of alkyl halides is 1. The van der Waals surface area contributed by atoms with Crippen molar-refractivity contribution in [3.05, 3.63) is 70.9 Å². The van der Waals surface area contributed by atoms with Crippen molar-refractivity contribution in [3.63, 3.8) is 0 Å². The summed E-state index contributed by atoms with van der Waals surface area (Å²) in [6.45, 7) is 2.23. The van der Waals surface area contributed by atoms with Crippen molar-refractivity contribution in [2.75, 3.05) is 26.8 Å². The van der Waals surface area contributed by atoms with Crippen LogP contribution in [0, 0.1) is 0 Å². The fourth-order valence-electron chi connectivity index (χ4n) is 4.13. The van der Waals surface area contributed by atoms with Crippen molar-refractivity contribution >= 4 is 10.9 Å². The average Bonchev–Trinajstić information content (AvgIpc) is 2.93. The first-order chi connectivity index (χ1) is 12.3. The van der Waals surface area contributed by atoms with Crippen LogP contribution in [0.3, 0.4) is 0 Å². The van der Waals surface area contributed by atoms with E-state index < -0.39 is 0 Å². The molecule has 0 spiro atoms. The summed E-state index contributed by atoms with van der Waals surface area (Å²) in [4.78, 5) is 2.41. The van der Waals surface area contributed by atoms with E-state index >= 15 is 0 Å². The van der Waals surface area contributed by atoms with E-state index in [0.717, 1.165) is 32.4 Å². The summed E-state index contributed by atoms with van der Waals surface area (Å²) >= 11 is 0. The van der Waals surface area contributed by atoms with E-state index in [9.17, 15) is 4.39 Å². The number of likely N-dealkylation sites (N-methyl/N-ethyl adjacent to an activating group) is 1. The van der Waals surface area contributed by atoms with Crippen LogP contribution in [0.5, 0.6) is 0 Å². The minimum Gasteiger partial charge on any atom is -0.341 e. The number of fused-ring (bicyclic) bond motifs is 4. The number of benzene rings is 2. The Hall–Kier alpha value is -2.13. The lowest BCUT2D eigenvalue weighted by molar-refractivity contribution is 0.341. The monoisotopic (exact) mass is 336 g/mol. The van der Waals surface area contributed by atoms with Crippen molar-refractivity contribution in [2.24, 2.45) is 0 Å². The Balaban J connectivity index is 1.92. The molecule has 0 bridgehead atoms. The van der Waals surface area contributed by atoms with Gasteiger partial charge in [0, 0.05) is 36.1 Å². The highest BCUT2D eigenvalue weighted by Crippen LogP contribution is 2.30. The number of para-hydroxylation sites is 1. The molecule has 0 aliphatic carbocycles. The summed E-state index contributed by atoms with van der Waals surface area (Å²) in [6.07, 6.45) is 2.99. The van der Waals surface area contributed by atoms with Crippen molar-refractivity contribution in [3.8, 4) is 0 Å². The fourth-order valence-corrected chi connectivity index (χ4v) is 4.13. The molecule has 2 heterocycles. The molecule has 0 saturated carbocycles. The second-order valence-electron chi connectivity index (χ2n) is 7.03. The lowest BCUT2D eigenvalue weighted by Crippen LogP contribution is -2.25. The lowest BCUT2D eigenvalue weighted by atomic mass is 9.96. The molecule has 0 unspecified atom stereocenters. The Bertz CT molecular complexity index is 881.